The highest BCUT2D eigenvalue weighted by molar-refractivity contribution is 7.89. The normalized spacial score (nSPS) is 11.7. The molecule has 5 nitrogen and oxygen atoms in total. The number of amides is 1. The van der Waals surface area contributed by atoms with Crippen LogP contribution in [-0.4, -0.2) is 44.7 Å². The molecule has 0 saturated heterocycles. The molecule has 27 heavy (non-hydrogen) atoms. The van der Waals surface area contributed by atoms with E-state index in [0.717, 1.165) is 17.5 Å². The molecule has 0 aromatic heterocycles. The van der Waals surface area contributed by atoms with Crippen LogP contribution < -0.4 is 0 Å². The summed E-state index contributed by atoms with van der Waals surface area (Å²) in [5, 5.41) is 0. The Kier molecular flexibility index (Phi) is 6.44. The van der Waals surface area contributed by atoms with Crippen LogP contribution in [-0.2, 0) is 23.0 Å². The monoisotopic (exact) mass is 388 g/mol. The molecule has 0 unspecified atom stereocenters. The van der Waals surface area contributed by atoms with Gasteiger partial charge in [-0.05, 0) is 54.7 Å². The molecule has 0 fully saturated rings. The summed E-state index contributed by atoms with van der Waals surface area (Å²) in [7, 11) is 1.09. The number of sulfonamides is 1. The van der Waals surface area contributed by atoms with Crippen molar-refractivity contribution in [1.29, 1.82) is 0 Å². The van der Waals surface area contributed by atoms with Gasteiger partial charge in [0.25, 0.3) is 5.91 Å². The molecular weight excluding hydrogens is 360 g/mol. The highest BCUT2D eigenvalue weighted by Crippen LogP contribution is 2.24. The predicted molar refractivity (Wildman–Crippen MR) is 108 cm³/mol. The van der Waals surface area contributed by atoms with E-state index in [2.05, 4.69) is 19.1 Å². The van der Waals surface area contributed by atoms with E-state index < -0.39 is 10.0 Å². The fourth-order valence-corrected chi connectivity index (χ4v) is 4.08. The third kappa shape index (κ3) is 4.57. The average molecular weight is 389 g/mol. The third-order valence-corrected chi connectivity index (χ3v) is 6.76. The summed E-state index contributed by atoms with van der Waals surface area (Å²) in [5.74, 6) is -0.201. The molecule has 0 aliphatic rings. The van der Waals surface area contributed by atoms with E-state index in [4.69, 9.17) is 0 Å². The molecule has 2 aromatic rings. The Morgan fingerprint density at radius 1 is 0.963 bits per heavy atom. The van der Waals surface area contributed by atoms with E-state index in [-0.39, 0.29) is 10.8 Å². The van der Waals surface area contributed by atoms with Crippen molar-refractivity contribution in [2.24, 2.45) is 0 Å². The van der Waals surface area contributed by atoms with Crippen molar-refractivity contribution in [3.05, 3.63) is 64.2 Å². The van der Waals surface area contributed by atoms with Gasteiger partial charge in [-0.3, -0.25) is 4.79 Å². The average Bonchev–Trinajstić information content (AvgIpc) is 2.63. The molecule has 0 N–H and O–H groups in total. The van der Waals surface area contributed by atoms with Gasteiger partial charge in [-0.25, -0.2) is 12.7 Å². The van der Waals surface area contributed by atoms with E-state index in [1.165, 1.54) is 30.0 Å². The number of carbonyl (C=O) groups excluding carboxylic acids is 1. The van der Waals surface area contributed by atoms with Crippen molar-refractivity contribution in [3.63, 3.8) is 0 Å². The molecule has 1 amide bonds. The topological polar surface area (TPSA) is 57.7 Å². The summed E-state index contributed by atoms with van der Waals surface area (Å²) in [5.41, 5.74) is 4.11. The zero-order chi connectivity index (χ0) is 20.4. The largest absolute Gasteiger partial charge is 0.337 e. The zero-order valence-electron chi connectivity index (χ0n) is 16.9. The number of carbonyl (C=O) groups is 1. The summed E-state index contributed by atoms with van der Waals surface area (Å²) in [6.07, 6.45) is 0.973. The van der Waals surface area contributed by atoms with Gasteiger partial charge in [-0.15, -0.1) is 0 Å². The Balaban J connectivity index is 2.33. The van der Waals surface area contributed by atoms with Crippen molar-refractivity contribution < 1.29 is 13.2 Å². The smallest absolute Gasteiger partial charge is 0.253 e. The molecule has 0 heterocycles. The maximum absolute atomic E-state index is 12.9. The van der Waals surface area contributed by atoms with Crippen LogP contribution >= 0.6 is 0 Å². The Morgan fingerprint density at radius 2 is 1.52 bits per heavy atom. The van der Waals surface area contributed by atoms with E-state index in [1.54, 1.807) is 24.9 Å². The maximum atomic E-state index is 12.9. The van der Waals surface area contributed by atoms with Crippen LogP contribution in [0, 0.1) is 13.8 Å². The fourth-order valence-electron chi connectivity index (χ4n) is 2.86. The predicted octanol–water partition coefficient (Wildman–Crippen LogP) is 3.39. The summed E-state index contributed by atoms with van der Waals surface area (Å²) < 4.78 is 26.4. The van der Waals surface area contributed by atoms with Gasteiger partial charge < -0.3 is 4.90 Å². The molecule has 6 heteroatoms. The van der Waals surface area contributed by atoms with Crippen LogP contribution in [0.5, 0.6) is 0 Å². The van der Waals surface area contributed by atoms with Crippen molar-refractivity contribution in [3.8, 4) is 0 Å². The molecular formula is C21H28N2O3S. The van der Waals surface area contributed by atoms with Crippen LogP contribution in [0.2, 0.25) is 0 Å². The highest BCUT2D eigenvalue weighted by atomic mass is 32.2. The first-order valence-electron chi connectivity index (χ1n) is 8.95. The first-order valence-corrected chi connectivity index (χ1v) is 10.4. The zero-order valence-corrected chi connectivity index (χ0v) is 17.7. The van der Waals surface area contributed by atoms with Gasteiger partial charge in [0.2, 0.25) is 10.0 Å². The summed E-state index contributed by atoms with van der Waals surface area (Å²) in [6, 6.07) is 11.4. The van der Waals surface area contributed by atoms with Crippen molar-refractivity contribution in [1.82, 2.24) is 9.21 Å². The SMILES string of the molecule is CCc1ccc(CN(C)C(=O)c2cc(C)c(C)c(S(=O)(=O)N(C)C)c2)cc1. The summed E-state index contributed by atoms with van der Waals surface area (Å²) in [6.45, 7) is 6.15. The lowest BCUT2D eigenvalue weighted by molar-refractivity contribution is 0.0784. The second-order valence-corrected chi connectivity index (χ2v) is 9.16. The first kappa shape index (κ1) is 21.1. The van der Waals surface area contributed by atoms with E-state index in [0.29, 0.717) is 17.7 Å². The van der Waals surface area contributed by atoms with Gasteiger partial charge in [-0.2, -0.15) is 0 Å². The standard InChI is InChI=1S/C21H28N2O3S/c1-7-17-8-10-18(11-9-17)14-23(6)21(24)19-12-15(2)16(3)20(13-19)27(25,26)22(4)5/h8-13H,7,14H2,1-6H3. The van der Waals surface area contributed by atoms with Gasteiger partial charge in [0, 0.05) is 33.3 Å². The molecule has 0 atom stereocenters. The van der Waals surface area contributed by atoms with Crippen LogP contribution in [0.15, 0.2) is 41.3 Å². The maximum Gasteiger partial charge on any atom is 0.253 e. The molecule has 0 radical (unpaired) electrons. The number of hydrogen-bond donors (Lipinski definition) is 0. The molecule has 2 aromatic carbocycles. The lowest BCUT2D eigenvalue weighted by atomic mass is 10.0. The van der Waals surface area contributed by atoms with Crippen LogP contribution in [0.4, 0.5) is 0 Å². The van der Waals surface area contributed by atoms with Crippen molar-refractivity contribution in [2.45, 2.75) is 38.6 Å². The molecule has 146 valence electrons. The van der Waals surface area contributed by atoms with Gasteiger partial charge in [0.05, 0.1) is 4.90 Å². The van der Waals surface area contributed by atoms with E-state index in [9.17, 15) is 13.2 Å². The second-order valence-electron chi connectivity index (χ2n) is 7.03. The lowest BCUT2D eigenvalue weighted by Crippen LogP contribution is -2.28. The van der Waals surface area contributed by atoms with Crippen LogP contribution in [0.25, 0.3) is 0 Å². The Labute approximate surface area is 162 Å². The van der Waals surface area contributed by atoms with Crippen molar-refractivity contribution in [2.75, 3.05) is 21.1 Å². The molecule has 0 bridgehead atoms. The second kappa shape index (κ2) is 8.23. The Hall–Kier alpha value is -2.18. The molecule has 2 rings (SSSR count). The van der Waals surface area contributed by atoms with Crippen LogP contribution in [0.3, 0.4) is 0 Å². The van der Waals surface area contributed by atoms with Crippen LogP contribution in [0.1, 0.15) is 39.5 Å². The minimum absolute atomic E-state index is 0.177. The van der Waals surface area contributed by atoms with Gasteiger partial charge in [0.15, 0.2) is 0 Å². The van der Waals surface area contributed by atoms with Gasteiger partial charge in [-0.1, -0.05) is 31.2 Å². The molecule has 0 aliphatic heterocycles. The number of benzene rings is 2. The first-order chi connectivity index (χ1) is 12.6. The van der Waals surface area contributed by atoms with Gasteiger partial charge in [0.1, 0.15) is 0 Å². The van der Waals surface area contributed by atoms with E-state index in [1.807, 2.05) is 19.1 Å². The summed E-state index contributed by atoms with van der Waals surface area (Å²) >= 11 is 0. The Morgan fingerprint density at radius 3 is 2.04 bits per heavy atom. The lowest BCUT2D eigenvalue weighted by Gasteiger charge is -2.20. The number of nitrogens with zero attached hydrogens (tertiary/aromatic N) is 2. The minimum Gasteiger partial charge on any atom is -0.337 e. The summed E-state index contributed by atoms with van der Waals surface area (Å²) in [4.78, 5) is 14.7. The minimum atomic E-state index is -3.62. The van der Waals surface area contributed by atoms with Gasteiger partial charge >= 0.3 is 0 Å². The number of rotatable bonds is 6. The Bertz CT molecular complexity index is 933. The third-order valence-electron chi connectivity index (χ3n) is 4.82. The van der Waals surface area contributed by atoms with Crippen molar-refractivity contribution >= 4 is 15.9 Å². The van der Waals surface area contributed by atoms with E-state index >= 15 is 0 Å². The fraction of sp³-hybridized carbons (Fsp3) is 0.381. The highest BCUT2D eigenvalue weighted by Gasteiger charge is 2.24. The number of hydrogen-bond acceptors (Lipinski definition) is 3. The molecule has 0 aliphatic carbocycles. The quantitative estimate of drug-likeness (QED) is 0.762. The molecule has 0 saturated carbocycles. The molecule has 0 spiro atoms. The number of aryl methyl sites for hydroxylation is 2.